The molecule has 1 aromatic heterocycles. The molecular formula is C16H19N3. The molecule has 0 saturated heterocycles. The Morgan fingerprint density at radius 3 is 2.32 bits per heavy atom. The van der Waals surface area contributed by atoms with E-state index in [1.54, 1.807) is 6.20 Å². The number of rotatable bonds is 2. The summed E-state index contributed by atoms with van der Waals surface area (Å²) in [6, 6.07) is 10.6. The molecule has 0 bridgehead atoms. The van der Waals surface area contributed by atoms with Gasteiger partial charge in [-0.1, -0.05) is 39.8 Å². The molecule has 0 unspecified atom stereocenters. The van der Waals surface area contributed by atoms with Crippen molar-refractivity contribution in [3.05, 3.63) is 47.3 Å². The highest BCUT2D eigenvalue weighted by Gasteiger charge is 2.14. The van der Waals surface area contributed by atoms with Crippen LogP contribution in [0.2, 0.25) is 0 Å². The third-order valence-corrected chi connectivity index (χ3v) is 3.30. The maximum atomic E-state index is 9.06. The van der Waals surface area contributed by atoms with E-state index < -0.39 is 0 Å². The Morgan fingerprint density at radius 1 is 1.21 bits per heavy atom. The van der Waals surface area contributed by atoms with Gasteiger partial charge in [0.15, 0.2) is 0 Å². The summed E-state index contributed by atoms with van der Waals surface area (Å²) in [5.41, 5.74) is 4.07. The molecule has 19 heavy (non-hydrogen) atoms. The predicted molar refractivity (Wildman–Crippen MR) is 76.4 cm³/mol. The minimum Gasteiger partial charge on any atom is -0.236 e. The van der Waals surface area contributed by atoms with Crippen molar-refractivity contribution >= 4 is 0 Å². The summed E-state index contributed by atoms with van der Waals surface area (Å²) in [5.74, 6) is 0. The molecule has 0 spiro atoms. The normalized spacial score (nSPS) is 11.3. The van der Waals surface area contributed by atoms with Gasteiger partial charge < -0.3 is 0 Å². The monoisotopic (exact) mass is 253 g/mol. The summed E-state index contributed by atoms with van der Waals surface area (Å²) in [4.78, 5) is 0. The van der Waals surface area contributed by atoms with Gasteiger partial charge in [-0.2, -0.15) is 10.4 Å². The van der Waals surface area contributed by atoms with E-state index >= 15 is 0 Å². The standard InChI is InChI=1S/C16H19N3/c1-5-15-12(10-17)11-18-19(15)14-8-6-13(7-9-14)16(2,3)4/h6-9,11H,5H2,1-4H3. The molecular weight excluding hydrogens is 234 g/mol. The van der Waals surface area contributed by atoms with Gasteiger partial charge in [-0.15, -0.1) is 0 Å². The molecule has 0 radical (unpaired) electrons. The molecule has 0 aliphatic heterocycles. The van der Waals surface area contributed by atoms with E-state index in [-0.39, 0.29) is 5.41 Å². The first-order valence-corrected chi connectivity index (χ1v) is 6.55. The van der Waals surface area contributed by atoms with Crippen LogP contribution in [0.4, 0.5) is 0 Å². The lowest BCUT2D eigenvalue weighted by Gasteiger charge is -2.19. The summed E-state index contributed by atoms with van der Waals surface area (Å²) >= 11 is 0. The van der Waals surface area contributed by atoms with Crippen LogP contribution in [0.5, 0.6) is 0 Å². The summed E-state index contributed by atoms with van der Waals surface area (Å²) < 4.78 is 1.85. The number of nitriles is 1. The molecule has 3 nitrogen and oxygen atoms in total. The van der Waals surface area contributed by atoms with Crippen LogP contribution in [-0.2, 0) is 11.8 Å². The Morgan fingerprint density at radius 2 is 1.84 bits per heavy atom. The van der Waals surface area contributed by atoms with Crippen LogP contribution >= 0.6 is 0 Å². The Hall–Kier alpha value is -2.08. The molecule has 0 fully saturated rings. The molecule has 98 valence electrons. The number of hydrogen-bond donors (Lipinski definition) is 0. The molecule has 0 atom stereocenters. The van der Waals surface area contributed by atoms with Crippen molar-refractivity contribution in [3.8, 4) is 11.8 Å². The van der Waals surface area contributed by atoms with Crippen molar-refractivity contribution < 1.29 is 0 Å². The fraction of sp³-hybridized carbons (Fsp3) is 0.375. The fourth-order valence-electron chi connectivity index (χ4n) is 2.13. The third-order valence-electron chi connectivity index (χ3n) is 3.30. The van der Waals surface area contributed by atoms with Crippen molar-refractivity contribution in [1.29, 1.82) is 5.26 Å². The first-order chi connectivity index (χ1) is 8.97. The van der Waals surface area contributed by atoms with Crippen LogP contribution in [0.3, 0.4) is 0 Å². The maximum absolute atomic E-state index is 9.06. The molecule has 0 saturated carbocycles. The first-order valence-electron chi connectivity index (χ1n) is 6.55. The third kappa shape index (κ3) is 2.53. The molecule has 1 aromatic carbocycles. The second-order valence-corrected chi connectivity index (χ2v) is 5.68. The summed E-state index contributed by atoms with van der Waals surface area (Å²) in [5, 5.41) is 13.4. The lowest BCUT2D eigenvalue weighted by Crippen LogP contribution is -2.11. The average molecular weight is 253 g/mol. The van der Waals surface area contributed by atoms with E-state index in [0.29, 0.717) is 5.56 Å². The lowest BCUT2D eigenvalue weighted by atomic mass is 9.87. The van der Waals surface area contributed by atoms with Gasteiger partial charge in [-0.3, -0.25) is 0 Å². The number of hydrogen-bond acceptors (Lipinski definition) is 2. The van der Waals surface area contributed by atoms with E-state index in [0.717, 1.165) is 17.8 Å². The quantitative estimate of drug-likeness (QED) is 0.820. The van der Waals surface area contributed by atoms with Crippen LogP contribution in [0.15, 0.2) is 30.5 Å². The van der Waals surface area contributed by atoms with Crippen LogP contribution in [-0.4, -0.2) is 9.78 Å². The second-order valence-electron chi connectivity index (χ2n) is 5.68. The van der Waals surface area contributed by atoms with Crippen LogP contribution in [0.25, 0.3) is 5.69 Å². The zero-order valence-electron chi connectivity index (χ0n) is 11.9. The van der Waals surface area contributed by atoms with E-state index in [4.69, 9.17) is 5.26 Å². The van der Waals surface area contributed by atoms with Gasteiger partial charge in [0.2, 0.25) is 0 Å². The molecule has 0 aliphatic carbocycles. The molecule has 2 rings (SSSR count). The highest BCUT2D eigenvalue weighted by atomic mass is 15.3. The number of nitrogens with zero attached hydrogens (tertiary/aromatic N) is 3. The SMILES string of the molecule is CCc1c(C#N)cnn1-c1ccc(C(C)(C)C)cc1. The maximum Gasteiger partial charge on any atom is 0.103 e. The van der Waals surface area contributed by atoms with Gasteiger partial charge in [-0.25, -0.2) is 4.68 Å². The Balaban J connectivity index is 2.44. The van der Waals surface area contributed by atoms with Gasteiger partial charge in [-0.05, 0) is 29.5 Å². The average Bonchev–Trinajstić information content (AvgIpc) is 2.80. The van der Waals surface area contributed by atoms with Crippen LogP contribution < -0.4 is 0 Å². The second kappa shape index (κ2) is 4.89. The van der Waals surface area contributed by atoms with Crippen LogP contribution in [0, 0.1) is 11.3 Å². The summed E-state index contributed by atoms with van der Waals surface area (Å²) in [7, 11) is 0. The zero-order chi connectivity index (χ0) is 14.0. The summed E-state index contributed by atoms with van der Waals surface area (Å²) in [6.07, 6.45) is 2.43. The summed E-state index contributed by atoms with van der Waals surface area (Å²) in [6.45, 7) is 8.63. The van der Waals surface area contributed by atoms with Crippen molar-refractivity contribution in [3.63, 3.8) is 0 Å². The topological polar surface area (TPSA) is 41.6 Å². The Kier molecular flexibility index (Phi) is 3.44. The molecule has 0 N–H and O–H groups in total. The van der Waals surface area contributed by atoms with Crippen LogP contribution in [0.1, 0.15) is 44.5 Å². The van der Waals surface area contributed by atoms with Crippen molar-refractivity contribution in [2.24, 2.45) is 0 Å². The highest BCUT2D eigenvalue weighted by molar-refractivity contribution is 5.41. The van der Waals surface area contributed by atoms with Crippen molar-refractivity contribution in [2.45, 2.75) is 39.5 Å². The largest absolute Gasteiger partial charge is 0.236 e. The minimum absolute atomic E-state index is 0.147. The van der Waals surface area contributed by atoms with E-state index in [9.17, 15) is 0 Å². The smallest absolute Gasteiger partial charge is 0.103 e. The Bertz CT molecular complexity index is 607. The van der Waals surface area contributed by atoms with E-state index in [1.807, 2.05) is 11.6 Å². The van der Waals surface area contributed by atoms with Gasteiger partial charge in [0.05, 0.1) is 23.1 Å². The predicted octanol–water partition coefficient (Wildman–Crippen LogP) is 3.60. The molecule has 1 heterocycles. The minimum atomic E-state index is 0.147. The molecule has 0 amide bonds. The Labute approximate surface area is 114 Å². The molecule has 0 aliphatic rings. The van der Waals surface area contributed by atoms with Crippen molar-refractivity contribution in [1.82, 2.24) is 9.78 Å². The van der Waals surface area contributed by atoms with Gasteiger partial charge in [0.1, 0.15) is 6.07 Å². The zero-order valence-corrected chi connectivity index (χ0v) is 11.9. The first kappa shape index (κ1) is 13.4. The van der Waals surface area contributed by atoms with Gasteiger partial charge in [0, 0.05) is 0 Å². The molecule has 2 aromatic rings. The fourth-order valence-corrected chi connectivity index (χ4v) is 2.13. The highest BCUT2D eigenvalue weighted by Crippen LogP contribution is 2.24. The number of benzene rings is 1. The number of aromatic nitrogens is 2. The van der Waals surface area contributed by atoms with E-state index in [1.165, 1.54) is 5.56 Å². The van der Waals surface area contributed by atoms with E-state index in [2.05, 4.69) is 56.2 Å². The molecule has 3 heteroatoms. The van der Waals surface area contributed by atoms with Gasteiger partial charge >= 0.3 is 0 Å². The lowest BCUT2D eigenvalue weighted by molar-refractivity contribution is 0.590. The van der Waals surface area contributed by atoms with Crippen molar-refractivity contribution in [2.75, 3.05) is 0 Å². The van der Waals surface area contributed by atoms with Gasteiger partial charge in [0.25, 0.3) is 0 Å².